The van der Waals surface area contributed by atoms with Crippen molar-refractivity contribution >= 4 is 6.21 Å². The van der Waals surface area contributed by atoms with Gasteiger partial charge in [-0.1, -0.05) is 19.1 Å². The molecule has 0 spiro atoms. The quantitative estimate of drug-likeness (QED) is 0.542. The number of aliphatic imine (C=N–C) groups is 1. The molecule has 3 aliphatic heterocycles. The third-order valence-electron chi connectivity index (χ3n) is 5.70. The van der Waals surface area contributed by atoms with E-state index in [2.05, 4.69) is 27.9 Å². The number of nitrogens with two attached hydrogens (primary N) is 1. The largest absolute Gasteiger partial charge is 0.493 e. The van der Waals surface area contributed by atoms with E-state index in [1.807, 2.05) is 0 Å². The van der Waals surface area contributed by atoms with Crippen LogP contribution < -0.4 is 26.4 Å². The van der Waals surface area contributed by atoms with Crippen LogP contribution in [0.4, 0.5) is 13.2 Å². The van der Waals surface area contributed by atoms with Crippen molar-refractivity contribution in [2.24, 2.45) is 16.1 Å². The first-order chi connectivity index (χ1) is 14.7. The molecule has 0 bridgehead atoms. The van der Waals surface area contributed by atoms with Crippen molar-refractivity contribution in [3.8, 4) is 5.75 Å². The van der Waals surface area contributed by atoms with E-state index in [-0.39, 0.29) is 17.3 Å². The van der Waals surface area contributed by atoms with Gasteiger partial charge in [-0.3, -0.25) is 5.73 Å². The van der Waals surface area contributed by atoms with Crippen molar-refractivity contribution < 1.29 is 22.6 Å². The second kappa shape index (κ2) is 8.33. The van der Waals surface area contributed by atoms with Crippen molar-refractivity contribution in [3.05, 3.63) is 41.2 Å². The molecule has 10 heteroatoms. The summed E-state index contributed by atoms with van der Waals surface area (Å²) in [5.41, 5.74) is 6.02. The Morgan fingerprint density at radius 1 is 1.35 bits per heavy atom. The van der Waals surface area contributed by atoms with Crippen LogP contribution in [-0.4, -0.2) is 51.3 Å². The smallest absolute Gasteiger partial charge is 0.421 e. The summed E-state index contributed by atoms with van der Waals surface area (Å²) in [5, 5.41) is 8.97. The molecule has 170 valence electrons. The molecule has 0 saturated carbocycles. The van der Waals surface area contributed by atoms with E-state index in [1.165, 1.54) is 0 Å². The summed E-state index contributed by atoms with van der Waals surface area (Å²) in [5.74, 6) is -1.14. The van der Waals surface area contributed by atoms with Crippen molar-refractivity contribution in [1.29, 1.82) is 0 Å². The molecule has 1 aromatic carbocycles. The summed E-state index contributed by atoms with van der Waals surface area (Å²) in [6, 6.07) is 6.81. The lowest BCUT2D eigenvalue weighted by molar-refractivity contribution is -0.120. The Morgan fingerprint density at radius 2 is 2.16 bits per heavy atom. The highest BCUT2D eigenvalue weighted by Crippen LogP contribution is 2.33. The molecule has 31 heavy (non-hydrogen) atoms. The molecule has 1 aromatic rings. The summed E-state index contributed by atoms with van der Waals surface area (Å²) in [7, 11) is 0. The fourth-order valence-electron chi connectivity index (χ4n) is 3.79. The van der Waals surface area contributed by atoms with Gasteiger partial charge in [0.1, 0.15) is 17.1 Å². The lowest BCUT2D eigenvalue weighted by Crippen LogP contribution is -2.56. The van der Waals surface area contributed by atoms with Crippen molar-refractivity contribution in [2.75, 3.05) is 32.9 Å². The first-order valence-electron chi connectivity index (χ1n) is 10.4. The molecule has 0 amide bonds. The van der Waals surface area contributed by atoms with Gasteiger partial charge in [0.2, 0.25) is 5.79 Å². The molecule has 3 heterocycles. The summed E-state index contributed by atoms with van der Waals surface area (Å²) in [4.78, 5) is 4.03. The molecule has 2 saturated heterocycles. The van der Waals surface area contributed by atoms with Gasteiger partial charge in [0, 0.05) is 29.8 Å². The van der Waals surface area contributed by atoms with Crippen molar-refractivity contribution in [1.82, 2.24) is 16.0 Å². The van der Waals surface area contributed by atoms with Gasteiger partial charge in [0.15, 0.2) is 0 Å². The zero-order valence-electron chi connectivity index (χ0n) is 17.4. The number of hydrogen-bond donors (Lipinski definition) is 4. The van der Waals surface area contributed by atoms with Crippen LogP contribution in [0.3, 0.4) is 0 Å². The number of nitrogens with one attached hydrogen (secondary N) is 3. The molecular weight excluding hydrogens is 411 g/mol. The van der Waals surface area contributed by atoms with Crippen LogP contribution in [0.15, 0.2) is 40.7 Å². The number of halogens is 3. The topological polar surface area (TPSA) is 92.9 Å². The van der Waals surface area contributed by atoms with E-state index in [9.17, 15) is 13.2 Å². The number of allylic oxidation sites excluding steroid dienone is 1. The Balaban J connectivity index is 1.54. The maximum absolute atomic E-state index is 13.6. The minimum atomic E-state index is -4.56. The Morgan fingerprint density at radius 3 is 2.81 bits per heavy atom. The average molecular weight is 439 g/mol. The van der Waals surface area contributed by atoms with Gasteiger partial charge in [0.25, 0.3) is 0 Å². The third-order valence-corrected chi connectivity index (χ3v) is 5.70. The first kappa shape index (κ1) is 21.9. The van der Waals surface area contributed by atoms with E-state index in [1.54, 1.807) is 24.3 Å². The van der Waals surface area contributed by atoms with Gasteiger partial charge in [0.05, 0.1) is 19.8 Å². The number of piperidine rings is 1. The van der Waals surface area contributed by atoms with E-state index in [4.69, 9.17) is 15.2 Å². The highest BCUT2D eigenvalue weighted by Gasteiger charge is 2.42. The SMILES string of the molecule is CC1(COc2cccc(C3(N)N=CC(C(F)(F)F)=C(NC4CCCNC4)N3)c2)COC1. The lowest BCUT2D eigenvalue weighted by Gasteiger charge is -2.38. The summed E-state index contributed by atoms with van der Waals surface area (Å²) in [6.45, 7) is 5.25. The van der Waals surface area contributed by atoms with Gasteiger partial charge >= 0.3 is 6.18 Å². The molecule has 0 radical (unpaired) electrons. The molecule has 0 aromatic heterocycles. The predicted molar refractivity (Wildman–Crippen MR) is 110 cm³/mol. The number of nitrogens with zero attached hydrogens (tertiary/aromatic N) is 1. The average Bonchev–Trinajstić information content (AvgIpc) is 2.71. The second-order valence-electron chi connectivity index (χ2n) is 8.74. The Labute approximate surface area is 179 Å². The minimum Gasteiger partial charge on any atom is -0.493 e. The normalized spacial score (nSPS) is 28.0. The van der Waals surface area contributed by atoms with Crippen LogP contribution in [0.25, 0.3) is 0 Å². The number of benzene rings is 1. The lowest BCUT2D eigenvalue weighted by atomic mass is 9.90. The van der Waals surface area contributed by atoms with Crippen LogP contribution in [0.5, 0.6) is 5.75 Å². The van der Waals surface area contributed by atoms with Crippen molar-refractivity contribution in [3.63, 3.8) is 0 Å². The van der Waals surface area contributed by atoms with Crippen LogP contribution in [0.2, 0.25) is 0 Å². The fourth-order valence-corrected chi connectivity index (χ4v) is 3.79. The number of ether oxygens (including phenoxy) is 2. The van der Waals surface area contributed by atoms with E-state index < -0.39 is 17.5 Å². The van der Waals surface area contributed by atoms with Gasteiger partial charge in [-0.25, -0.2) is 4.99 Å². The molecule has 2 unspecified atom stereocenters. The van der Waals surface area contributed by atoms with Gasteiger partial charge in [-0.2, -0.15) is 13.2 Å². The van der Waals surface area contributed by atoms with E-state index >= 15 is 0 Å². The molecular formula is C21H28F3N5O2. The minimum absolute atomic E-state index is 0.0346. The highest BCUT2D eigenvalue weighted by molar-refractivity contribution is 5.82. The number of hydrogen-bond acceptors (Lipinski definition) is 7. The first-order valence-corrected chi connectivity index (χ1v) is 10.4. The van der Waals surface area contributed by atoms with Crippen LogP contribution in [-0.2, 0) is 10.5 Å². The monoisotopic (exact) mass is 439 g/mol. The Bertz CT molecular complexity index is 863. The maximum atomic E-state index is 13.6. The number of rotatable bonds is 6. The second-order valence-corrected chi connectivity index (χ2v) is 8.74. The molecule has 2 atom stereocenters. The highest BCUT2D eigenvalue weighted by atomic mass is 19.4. The van der Waals surface area contributed by atoms with Gasteiger partial charge < -0.3 is 25.4 Å². The summed E-state index contributed by atoms with van der Waals surface area (Å²) >= 11 is 0. The van der Waals surface area contributed by atoms with Crippen LogP contribution in [0.1, 0.15) is 25.3 Å². The van der Waals surface area contributed by atoms with Crippen LogP contribution >= 0.6 is 0 Å². The maximum Gasteiger partial charge on any atom is 0.421 e. The van der Waals surface area contributed by atoms with E-state index in [0.717, 1.165) is 25.6 Å². The predicted octanol–water partition coefficient (Wildman–Crippen LogP) is 1.96. The molecule has 0 aliphatic carbocycles. The van der Waals surface area contributed by atoms with Crippen LogP contribution in [0, 0.1) is 5.41 Å². The third kappa shape index (κ3) is 4.97. The van der Waals surface area contributed by atoms with E-state index in [0.29, 0.717) is 37.7 Å². The fraction of sp³-hybridized carbons (Fsp3) is 0.571. The molecule has 2 fully saturated rings. The van der Waals surface area contributed by atoms with Crippen molar-refractivity contribution in [2.45, 2.75) is 37.8 Å². The molecule has 5 N–H and O–H groups in total. The van der Waals surface area contributed by atoms with Gasteiger partial charge in [-0.15, -0.1) is 0 Å². The molecule has 7 nitrogen and oxygen atoms in total. The summed E-state index contributed by atoms with van der Waals surface area (Å²) < 4.78 is 51.9. The van der Waals surface area contributed by atoms with Gasteiger partial charge in [-0.05, 0) is 31.5 Å². The summed E-state index contributed by atoms with van der Waals surface area (Å²) in [6.07, 6.45) is -2.11. The number of alkyl halides is 3. The standard InChI is InChI=1S/C21H28F3N5O2/c1-19(11-30-12-19)13-31-16-6-2-4-14(8-16)21(25)27-10-17(20(22,23)24)18(29-21)28-15-5-3-7-26-9-15/h2,4,6,8,10,15,26,28-29H,3,5,7,9,11-13,25H2,1H3. The zero-order chi connectivity index (χ0) is 22.1. The zero-order valence-corrected chi connectivity index (χ0v) is 17.4. The molecule has 4 rings (SSSR count). The Kier molecular flexibility index (Phi) is 5.89. The Hall–Kier alpha value is -2.30. The molecule has 3 aliphatic rings.